The predicted octanol–water partition coefficient (Wildman–Crippen LogP) is 5.79. The van der Waals surface area contributed by atoms with Crippen molar-refractivity contribution in [3.63, 3.8) is 0 Å². The monoisotopic (exact) mass is 350 g/mol. The maximum absolute atomic E-state index is 5.91. The second-order valence-electron chi connectivity index (χ2n) is 3.13. The van der Waals surface area contributed by atoms with E-state index in [1.165, 1.54) is 0 Å². The lowest BCUT2D eigenvalue weighted by molar-refractivity contribution is 0.685. The fourth-order valence-electron chi connectivity index (χ4n) is 1.11. The Hall–Kier alpha value is 2.17. The Morgan fingerprint density at radius 3 is 1.57 bits per heavy atom. The molecule has 0 aromatic carbocycles. The van der Waals surface area contributed by atoms with Gasteiger partial charge in [0, 0.05) is 5.16 Å². The lowest BCUT2D eigenvalue weighted by Crippen LogP contribution is -2.34. The van der Waals surface area contributed by atoms with E-state index >= 15 is 0 Å². The van der Waals surface area contributed by atoms with Gasteiger partial charge in [-0.2, -0.15) is 0 Å². The van der Waals surface area contributed by atoms with E-state index in [9.17, 15) is 0 Å². The summed E-state index contributed by atoms with van der Waals surface area (Å²) in [5.41, 5.74) is 0. The molecule has 0 unspecified atom stereocenters. The zero-order valence-corrected chi connectivity index (χ0v) is 14.2. The van der Waals surface area contributed by atoms with E-state index in [-0.39, 0.29) is 5.16 Å². The summed E-state index contributed by atoms with van der Waals surface area (Å²) in [7, 11) is 0. The van der Waals surface area contributed by atoms with Crippen molar-refractivity contribution >= 4 is 78.5 Å². The summed E-state index contributed by atoms with van der Waals surface area (Å²) in [6.45, 7) is 2.11. The molecule has 0 amide bonds. The van der Waals surface area contributed by atoms with Crippen LogP contribution in [0.15, 0.2) is 0 Å². The van der Waals surface area contributed by atoms with Crippen molar-refractivity contribution in [2.24, 2.45) is 0 Å². The zero-order chi connectivity index (χ0) is 11.4. The van der Waals surface area contributed by atoms with Crippen LogP contribution in [0.2, 0.25) is 5.16 Å². The Kier molecular flexibility index (Phi) is 7.86. The van der Waals surface area contributed by atoms with E-state index in [1.807, 2.05) is 0 Å². The molecule has 0 saturated carbocycles. The van der Waals surface area contributed by atoms with E-state index < -0.39 is 12.0 Å². The molecule has 14 heavy (non-hydrogen) atoms. The molecule has 0 saturated heterocycles. The maximum Gasteiger partial charge on any atom is 0.345 e. The Morgan fingerprint density at radius 1 is 0.857 bits per heavy atom. The summed E-state index contributed by atoms with van der Waals surface area (Å²) in [6, 6.07) is -5.78. The summed E-state index contributed by atoms with van der Waals surface area (Å²) in [5.74, 6) is 0. The van der Waals surface area contributed by atoms with Crippen LogP contribution >= 0.6 is 66.5 Å². The smallest absolute Gasteiger partial charge is 0.126 e. The molecule has 0 N–H and O–H groups in total. The lowest BCUT2D eigenvalue weighted by atomic mass is 10.2. The van der Waals surface area contributed by atoms with Gasteiger partial charge >= 0.3 is 12.0 Å². The normalized spacial score (nSPS) is 13.7. The highest BCUT2D eigenvalue weighted by molar-refractivity contribution is 7.75. The van der Waals surface area contributed by atoms with Gasteiger partial charge in [0.15, 0.2) is 0 Å². The molecule has 0 rings (SSSR count). The predicted molar refractivity (Wildman–Crippen MR) is 74.5 cm³/mol. The third-order valence-corrected chi connectivity index (χ3v) is 14.7. The minimum absolute atomic E-state index is 0.295. The van der Waals surface area contributed by atoms with Gasteiger partial charge in [0.1, 0.15) is 0 Å². The summed E-state index contributed by atoms with van der Waals surface area (Å²) < 4.78 is 0. The Bertz CT molecular complexity index is 149. The number of halogens is 6. The Morgan fingerprint density at radius 2 is 1.29 bits per heavy atom. The minimum Gasteiger partial charge on any atom is -0.126 e. The molecule has 0 aliphatic rings. The fraction of sp³-hybridized carbons (Fsp3) is 1.00. The molecule has 0 radical (unpaired) electrons. The molecule has 0 fully saturated rings. The van der Waals surface area contributed by atoms with Crippen LogP contribution in [0.5, 0.6) is 0 Å². The first-order chi connectivity index (χ1) is 6.19. The highest BCUT2D eigenvalue weighted by atomic mass is 35.8. The first kappa shape index (κ1) is 16.2. The largest absolute Gasteiger partial charge is 0.345 e. The standard InChI is InChI=1S/C6H12Cl6Si2/c1-2-3-4-5-6(13(7,8)9)14(10,11)12/h6H,2-5H2,1H3. The van der Waals surface area contributed by atoms with Crippen LogP contribution in [0.1, 0.15) is 32.6 Å². The van der Waals surface area contributed by atoms with Crippen molar-refractivity contribution in [1.29, 1.82) is 0 Å². The van der Waals surface area contributed by atoms with Crippen molar-refractivity contribution in [2.45, 2.75) is 37.8 Å². The van der Waals surface area contributed by atoms with E-state index in [1.54, 1.807) is 0 Å². The highest BCUT2D eigenvalue weighted by Crippen LogP contribution is 2.48. The van der Waals surface area contributed by atoms with Gasteiger partial charge in [0.25, 0.3) is 0 Å². The van der Waals surface area contributed by atoms with Gasteiger partial charge in [-0.15, -0.1) is 66.5 Å². The van der Waals surface area contributed by atoms with Crippen molar-refractivity contribution < 1.29 is 0 Å². The summed E-state index contributed by atoms with van der Waals surface area (Å²) in [5, 5.41) is -0.295. The van der Waals surface area contributed by atoms with E-state index in [2.05, 4.69) is 6.92 Å². The van der Waals surface area contributed by atoms with Gasteiger partial charge in [0.05, 0.1) is 0 Å². The van der Waals surface area contributed by atoms with E-state index in [0.29, 0.717) is 0 Å². The molecule has 0 aromatic rings. The Labute approximate surface area is 115 Å². The quantitative estimate of drug-likeness (QED) is 0.322. The molecule has 0 aliphatic heterocycles. The van der Waals surface area contributed by atoms with E-state index in [0.717, 1.165) is 25.7 Å². The molecule has 0 heterocycles. The van der Waals surface area contributed by atoms with Crippen molar-refractivity contribution in [3.05, 3.63) is 0 Å². The molecule has 0 bridgehead atoms. The SMILES string of the molecule is CCCCCC([Si](Cl)(Cl)Cl)[Si](Cl)(Cl)Cl. The molecular weight excluding hydrogens is 341 g/mol. The molecule has 0 spiro atoms. The maximum atomic E-state index is 5.91. The van der Waals surface area contributed by atoms with Gasteiger partial charge in [-0.1, -0.05) is 26.2 Å². The molecule has 0 nitrogen and oxygen atoms in total. The summed E-state index contributed by atoms with van der Waals surface area (Å²) in [6.07, 6.45) is 3.87. The van der Waals surface area contributed by atoms with Gasteiger partial charge in [-0.05, 0) is 6.42 Å². The fourth-order valence-corrected chi connectivity index (χ4v) is 19.0. The summed E-state index contributed by atoms with van der Waals surface area (Å²) >= 11 is 35.5. The van der Waals surface area contributed by atoms with Gasteiger partial charge in [-0.3, -0.25) is 0 Å². The number of unbranched alkanes of at least 4 members (excludes halogenated alkanes) is 2. The highest BCUT2D eigenvalue weighted by Gasteiger charge is 2.50. The number of hydrogen-bond acceptors (Lipinski definition) is 0. The van der Waals surface area contributed by atoms with Crippen LogP contribution in [0.25, 0.3) is 0 Å². The van der Waals surface area contributed by atoms with Crippen LogP contribution in [-0.2, 0) is 0 Å². The van der Waals surface area contributed by atoms with Gasteiger partial charge < -0.3 is 0 Å². The average Bonchev–Trinajstić information content (AvgIpc) is 1.92. The topological polar surface area (TPSA) is 0 Å². The molecular formula is C6H12Cl6Si2. The van der Waals surface area contributed by atoms with E-state index in [4.69, 9.17) is 66.5 Å². The number of hydrogen-bond donors (Lipinski definition) is 0. The lowest BCUT2D eigenvalue weighted by Gasteiger charge is -2.26. The van der Waals surface area contributed by atoms with Gasteiger partial charge in [-0.25, -0.2) is 0 Å². The molecule has 86 valence electrons. The van der Waals surface area contributed by atoms with Crippen LogP contribution in [0.4, 0.5) is 0 Å². The van der Waals surface area contributed by atoms with Crippen LogP contribution in [0, 0.1) is 0 Å². The van der Waals surface area contributed by atoms with Crippen LogP contribution in [0.3, 0.4) is 0 Å². The third kappa shape index (κ3) is 6.69. The minimum atomic E-state index is -2.89. The van der Waals surface area contributed by atoms with Crippen molar-refractivity contribution in [2.75, 3.05) is 0 Å². The number of rotatable bonds is 6. The first-order valence-electron chi connectivity index (χ1n) is 4.33. The second kappa shape index (κ2) is 6.80. The molecule has 8 heteroatoms. The molecule has 0 aliphatic carbocycles. The second-order valence-corrected chi connectivity index (χ2v) is 21.5. The van der Waals surface area contributed by atoms with Crippen molar-refractivity contribution in [3.8, 4) is 0 Å². The first-order valence-corrected chi connectivity index (χ1v) is 14.6. The van der Waals surface area contributed by atoms with Crippen molar-refractivity contribution in [1.82, 2.24) is 0 Å². The average molecular weight is 353 g/mol. The van der Waals surface area contributed by atoms with Crippen LogP contribution < -0.4 is 0 Å². The summed E-state index contributed by atoms with van der Waals surface area (Å²) in [4.78, 5) is 0. The van der Waals surface area contributed by atoms with Crippen LogP contribution in [-0.4, -0.2) is 12.0 Å². The Balaban J connectivity index is 4.28. The molecule has 0 aromatic heterocycles. The third-order valence-electron chi connectivity index (χ3n) is 1.89. The molecule has 0 atom stereocenters. The van der Waals surface area contributed by atoms with Gasteiger partial charge in [0.2, 0.25) is 0 Å². The zero-order valence-electron chi connectivity index (χ0n) is 7.67.